The molecule has 0 radical (unpaired) electrons. The minimum Gasteiger partial charge on any atom is -0.213 e. The zero-order chi connectivity index (χ0) is 13.6. The van der Waals surface area contributed by atoms with Gasteiger partial charge in [-0.15, -0.1) is 0 Å². The molecule has 0 spiro atoms. The van der Waals surface area contributed by atoms with Crippen molar-refractivity contribution in [3.05, 3.63) is 0 Å². The van der Waals surface area contributed by atoms with E-state index in [4.69, 9.17) is 0 Å². The standard InChI is InChI=1S/C14H29NO2S/c1-4-5-6-7-8-13(2)14-9-11-15(12-10-14)18(3,16)17/h13-14H,4-12H2,1-3H3. The average Bonchev–Trinajstić information content (AvgIpc) is 2.33. The van der Waals surface area contributed by atoms with Crippen LogP contribution in [0.1, 0.15) is 58.8 Å². The maximum absolute atomic E-state index is 11.4. The molecule has 0 aromatic rings. The van der Waals surface area contributed by atoms with Crippen LogP contribution >= 0.6 is 0 Å². The third-order valence-corrected chi connectivity index (χ3v) is 5.59. The highest BCUT2D eigenvalue weighted by molar-refractivity contribution is 7.88. The van der Waals surface area contributed by atoms with Gasteiger partial charge < -0.3 is 0 Å². The van der Waals surface area contributed by atoms with Crippen molar-refractivity contribution >= 4 is 10.0 Å². The maximum Gasteiger partial charge on any atom is 0.211 e. The predicted molar refractivity (Wildman–Crippen MR) is 77.1 cm³/mol. The van der Waals surface area contributed by atoms with Gasteiger partial charge in [0, 0.05) is 13.1 Å². The van der Waals surface area contributed by atoms with Gasteiger partial charge in [0.05, 0.1) is 6.26 Å². The van der Waals surface area contributed by atoms with Crippen LogP contribution in [0, 0.1) is 11.8 Å². The Labute approximate surface area is 113 Å². The topological polar surface area (TPSA) is 37.4 Å². The summed E-state index contributed by atoms with van der Waals surface area (Å²) in [5.74, 6) is 1.48. The molecular formula is C14H29NO2S. The molecule has 4 heteroatoms. The van der Waals surface area contributed by atoms with E-state index in [1.807, 2.05) is 0 Å². The Balaban J connectivity index is 2.25. The highest BCUT2D eigenvalue weighted by Gasteiger charge is 2.27. The first-order chi connectivity index (χ1) is 8.45. The van der Waals surface area contributed by atoms with Crippen molar-refractivity contribution in [2.24, 2.45) is 11.8 Å². The molecule has 1 atom stereocenters. The van der Waals surface area contributed by atoms with Crippen molar-refractivity contribution in [2.75, 3.05) is 19.3 Å². The molecular weight excluding hydrogens is 246 g/mol. The van der Waals surface area contributed by atoms with Crippen LogP contribution in [-0.2, 0) is 10.0 Å². The molecule has 3 nitrogen and oxygen atoms in total. The lowest BCUT2D eigenvalue weighted by Gasteiger charge is -2.33. The summed E-state index contributed by atoms with van der Waals surface area (Å²) in [7, 11) is -2.97. The van der Waals surface area contributed by atoms with Crippen LogP contribution in [0.4, 0.5) is 0 Å². The van der Waals surface area contributed by atoms with Crippen molar-refractivity contribution in [3.8, 4) is 0 Å². The van der Waals surface area contributed by atoms with E-state index in [9.17, 15) is 8.42 Å². The van der Waals surface area contributed by atoms with E-state index in [0.717, 1.165) is 37.8 Å². The summed E-state index contributed by atoms with van der Waals surface area (Å²) in [5, 5.41) is 0. The van der Waals surface area contributed by atoms with Crippen molar-refractivity contribution < 1.29 is 8.42 Å². The number of hydrogen-bond acceptors (Lipinski definition) is 2. The molecule has 1 unspecified atom stereocenters. The van der Waals surface area contributed by atoms with Gasteiger partial charge in [0.15, 0.2) is 0 Å². The molecule has 1 fully saturated rings. The fourth-order valence-corrected chi connectivity index (χ4v) is 3.78. The fourth-order valence-electron chi connectivity index (χ4n) is 2.91. The Hall–Kier alpha value is -0.0900. The Morgan fingerprint density at radius 2 is 1.78 bits per heavy atom. The van der Waals surface area contributed by atoms with Crippen LogP contribution in [0.2, 0.25) is 0 Å². The molecule has 0 aliphatic carbocycles. The molecule has 1 saturated heterocycles. The Kier molecular flexibility index (Phi) is 6.64. The second-order valence-electron chi connectivity index (χ2n) is 5.83. The molecule has 1 heterocycles. The summed E-state index contributed by atoms with van der Waals surface area (Å²) >= 11 is 0. The fraction of sp³-hybridized carbons (Fsp3) is 1.00. The van der Waals surface area contributed by atoms with Gasteiger partial charge in [-0.3, -0.25) is 0 Å². The summed E-state index contributed by atoms with van der Waals surface area (Å²) in [6.45, 7) is 6.03. The van der Waals surface area contributed by atoms with Gasteiger partial charge in [0.1, 0.15) is 0 Å². The molecule has 1 aliphatic rings. The van der Waals surface area contributed by atoms with E-state index < -0.39 is 10.0 Å². The van der Waals surface area contributed by atoms with E-state index in [1.165, 1.54) is 38.4 Å². The highest BCUT2D eigenvalue weighted by atomic mass is 32.2. The molecule has 0 amide bonds. The van der Waals surface area contributed by atoms with Crippen LogP contribution in [0.3, 0.4) is 0 Å². The van der Waals surface area contributed by atoms with Crippen LogP contribution in [-0.4, -0.2) is 32.1 Å². The molecule has 0 aromatic heterocycles. The minimum absolute atomic E-state index is 0.725. The predicted octanol–water partition coefficient (Wildman–Crippen LogP) is 3.26. The second-order valence-corrected chi connectivity index (χ2v) is 7.81. The van der Waals surface area contributed by atoms with Crippen LogP contribution in [0.25, 0.3) is 0 Å². The SMILES string of the molecule is CCCCCCC(C)C1CCN(S(C)(=O)=O)CC1. The lowest BCUT2D eigenvalue weighted by molar-refractivity contribution is 0.207. The first kappa shape index (κ1) is 16.0. The largest absolute Gasteiger partial charge is 0.213 e. The number of rotatable bonds is 7. The summed E-state index contributed by atoms with van der Waals surface area (Å²) in [6, 6.07) is 0. The van der Waals surface area contributed by atoms with Crippen molar-refractivity contribution in [1.29, 1.82) is 0 Å². The number of unbranched alkanes of at least 4 members (excludes halogenated alkanes) is 3. The van der Waals surface area contributed by atoms with Crippen molar-refractivity contribution in [3.63, 3.8) is 0 Å². The van der Waals surface area contributed by atoms with Gasteiger partial charge in [0.2, 0.25) is 10.0 Å². The Morgan fingerprint density at radius 1 is 1.17 bits per heavy atom. The monoisotopic (exact) mass is 275 g/mol. The molecule has 1 aliphatic heterocycles. The Bertz CT molecular complexity index is 319. The van der Waals surface area contributed by atoms with Gasteiger partial charge >= 0.3 is 0 Å². The molecule has 18 heavy (non-hydrogen) atoms. The zero-order valence-electron chi connectivity index (χ0n) is 12.2. The van der Waals surface area contributed by atoms with E-state index >= 15 is 0 Å². The van der Waals surface area contributed by atoms with E-state index in [-0.39, 0.29) is 0 Å². The molecule has 0 N–H and O–H groups in total. The summed E-state index contributed by atoms with van der Waals surface area (Å²) in [5.41, 5.74) is 0. The average molecular weight is 275 g/mol. The highest BCUT2D eigenvalue weighted by Crippen LogP contribution is 2.29. The molecule has 1 rings (SSSR count). The summed E-state index contributed by atoms with van der Waals surface area (Å²) in [6.07, 6.45) is 10.0. The Morgan fingerprint density at radius 3 is 2.28 bits per heavy atom. The molecule has 0 saturated carbocycles. The minimum atomic E-state index is -2.97. The lowest BCUT2D eigenvalue weighted by Crippen LogP contribution is -2.39. The number of sulfonamides is 1. The van der Waals surface area contributed by atoms with E-state index in [2.05, 4.69) is 13.8 Å². The van der Waals surface area contributed by atoms with E-state index in [1.54, 1.807) is 4.31 Å². The van der Waals surface area contributed by atoms with Gasteiger partial charge in [0.25, 0.3) is 0 Å². The third kappa shape index (κ3) is 5.27. The van der Waals surface area contributed by atoms with Crippen molar-refractivity contribution in [1.82, 2.24) is 4.31 Å². The first-order valence-electron chi connectivity index (χ1n) is 7.40. The summed E-state index contributed by atoms with van der Waals surface area (Å²) < 4.78 is 24.5. The third-order valence-electron chi connectivity index (χ3n) is 4.29. The van der Waals surface area contributed by atoms with Gasteiger partial charge in [-0.05, 0) is 24.7 Å². The molecule has 108 valence electrons. The van der Waals surface area contributed by atoms with Crippen LogP contribution in [0.5, 0.6) is 0 Å². The van der Waals surface area contributed by atoms with Gasteiger partial charge in [-0.2, -0.15) is 0 Å². The van der Waals surface area contributed by atoms with Crippen LogP contribution in [0.15, 0.2) is 0 Å². The second kappa shape index (κ2) is 7.49. The van der Waals surface area contributed by atoms with Crippen LogP contribution < -0.4 is 0 Å². The number of hydrogen-bond donors (Lipinski definition) is 0. The summed E-state index contributed by atoms with van der Waals surface area (Å²) in [4.78, 5) is 0. The van der Waals surface area contributed by atoms with Gasteiger partial charge in [-0.1, -0.05) is 46.0 Å². The van der Waals surface area contributed by atoms with E-state index in [0.29, 0.717) is 0 Å². The van der Waals surface area contributed by atoms with Gasteiger partial charge in [-0.25, -0.2) is 12.7 Å². The first-order valence-corrected chi connectivity index (χ1v) is 9.25. The lowest BCUT2D eigenvalue weighted by atomic mass is 9.83. The zero-order valence-corrected chi connectivity index (χ0v) is 13.0. The quantitative estimate of drug-likeness (QED) is 0.669. The van der Waals surface area contributed by atoms with Crippen molar-refractivity contribution in [2.45, 2.75) is 58.8 Å². The molecule has 0 bridgehead atoms. The molecule has 0 aromatic carbocycles. The maximum atomic E-state index is 11.4. The number of nitrogens with zero attached hydrogens (tertiary/aromatic N) is 1. The number of piperidine rings is 1. The normalized spacial score (nSPS) is 21.1. The smallest absolute Gasteiger partial charge is 0.211 e.